The molecule has 1 aliphatic rings. The van der Waals surface area contributed by atoms with Gasteiger partial charge in [-0.3, -0.25) is 0 Å². The molecule has 14 heavy (non-hydrogen) atoms. The normalized spacial score (nSPS) is 21.9. The van der Waals surface area contributed by atoms with Crippen molar-refractivity contribution in [3.8, 4) is 0 Å². The molecule has 0 fully saturated rings. The summed E-state index contributed by atoms with van der Waals surface area (Å²) in [6.45, 7) is -0.807. The number of hydrogen-bond acceptors (Lipinski definition) is 2. The summed E-state index contributed by atoms with van der Waals surface area (Å²) in [4.78, 5) is 0. The van der Waals surface area contributed by atoms with Crippen LogP contribution in [-0.4, -0.2) is 24.7 Å². The highest BCUT2D eigenvalue weighted by Gasteiger charge is 2.76. The number of halogens is 6. The maximum atomic E-state index is 12.1. The van der Waals surface area contributed by atoms with Gasteiger partial charge >= 0.3 is 18.1 Å². The Morgan fingerprint density at radius 2 is 1.50 bits per heavy atom. The van der Waals surface area contributed by atoms with Crippen LogP contribution in [0.3, 0.4) is 0 Å². The molecular formula is C6H4F6O2. The van der Waals surface area contributed by atoms with Gasteiger partial charge in [0, 0.05) is 0 Å². The zero-order valence-electron chi connectivity index (χ0n) is 6.45. The van der Waals surface area contributed by atoms with Crippen molar-refractivity contribution < 1.29 is 35.8 Å². The molecule has 2 nitrogen and oxygen atoms in total. The van der Waals surface area contributed by atoms with Gasteiger partial charge in [0.15, 0.2) is 0 Å². The smallest absolute Gasteiger partial charge is 0.455 e. The summed E-state index contributed by atoms with van der Waals surface area (Å²) in [6.07, 6.45) is -10.1. The molecule has 1 aliphatic heterocycles. The largest absolute Gasteiger partial charge is 0.465 e. The van der Waals surface area contributed by atoms with Gasteiger partial charge in [0.05, 0.1) is 12.9 Å². The Hall–Kier alpha value is -0.920. The van der Waals surface area contributed by atoms with Gasteiger partial charge < -0.3 is 9.47 Å². The predicted molar refractivity (Wildman–Crippen MR) is 31.0 cm³/mol. The van der Waals surface area contributed by atoms with E-state index in [-0.39, 0.29) is 0 Å². The Bertz CT molecular complexity index is 226. The van der Waals surface area contributed by atoms with E-state index in [1.165, 1.54) is 0 Å². The average Bonchev–Trinajstić information content (AvgIpc) is 2.02. The predicted octanol–water partition coefficient (Wildman–Crippen LogP) is 2.37. The third kappa shape index (κ3) is 1.54. The standard InChI is InChI=1S/C6H4F6O2/c7-5(8,9)4(6(10,11)12)13-2-1-3-14-4/h1-2H,3H2. The van der Waals surface area contributed by atoms with E-state index in [0.717, 1.165) is 6.08 Å². The topological polar surface area (TPSA) is 18.5 Å². The van der Waals surface area contributed by atoms with Crippen molar-refractivity contribution in [1.82, 2.24) is 0 Å². The molecule has 1 heterocycles. The minimum atomic E-state index is -5.67. The fourth-order valence-corrected chi connectivity index (χ4v) is 0.841. The molecule has 0 saturated carbocycles. The maximum absolute atomic E-state index is 12.1. The number of hydrogen-bond donors (Lipinski definition) is 0. The molecule has 82 valence electrons. The van der Waals surface area contributed by atoms with Crippen molar-refractivity contribution in [2.75, 3.05) is 6.61 Å². The third-order valence-corrected chi connectivity index (χ3v) is 1.46. The molecule has 0 atom stereocenters. The minimum absolute atomic E-state index is 0.324. The van der Waals surface area contributed by atoms with Gasteiger partial charge in [-0.25, -0.2) is 0 Å². The molecule has 0 unspecified atom stereocenters. The molecule has 0 amide bonds. The fraction of sp³-hybridized carbons (Fsp3) is 0.667. The zero-order valence-corrected chi connectivity index (χ0v) is 6.45. The molecule has 0 aromatic carbocycles. The molecule has 0 spiro atoms. The first-order chi connectivity index (χ1) is 6.21. The van der Waals surface area contributed by atoms with Crippen molar-refractivity contribution in [2.24, 2.45) is 0 Å². The molecule has 0 aromatic heterocycles. The van der Waals surface area contributed by atoms with Crippen molar-refractivity contribution in [2.45, 2.75) is 18.1 Å². The summed E-state index contributed by atoms with van der Waals surface area (Å²) >= 11 is 0. The lowest BCUT2D eigenvalue weighted by Gasteiger charge is -2.36. The van der Waals surface area contributed by atoms with Crippen LogP contribution in [0, 0.1) is 0 Å². The van der Waals surface area contributed by atoms with Crippen LogP contribution in [0.15, 0.2) is 12.3 Å². The average molecular weight is 222 g/mol. The van der Waals surface area contributed by atoms with Crippen molar-refractivity contribution >= 4 is 0 Å². The van der Waals surface area contributed by atoms with Gasteiger partial charge in [-0.05, 0) is 6.08 Å². The SMILES string of the molecule is FC(F)(F)C1(C(F)(F)F)OC=CCO1. The maximum Gasteiger partial charge on any atom is 0.465 e. The summed E-state index contributed by atoms with van der Waals surface area (Å²) in [5.41, 5.74) is 0. The van der Waals surface area contributed by atoms with Gasteiger partial charge in [0.2, 0.25) is 0 Å². The highest BCUT2D eigenvalue weighted by molar-refractivity contribution is 4.94. The van der Waals surface area contributed by atoms with Crippen LogP contribution in [-0.2, 0) is 9.47 Å². The van der Waals surface area contributed by atoms with Crippen LogP contribution in [0.1, 0.15) is 0 Å². The summed E-state index contributed by atoms with van der Waals surface area (Å²) in [5, 5.41) is 0. The number of alkyl halides is 6. The number of rotatable bonds is 0. The number of ether oxygens (including phenoxy) is 2. The van der Waals surface area contributed by atoms with Crippen LogP contribution >= 0.6 is 0 Å². The molecule has 0 radical (unpaired) electrons. The molecule has 0 aliphatic carbocycles. The van der Waals surface area contributed by atoms with Crippen LogP contribution < -0.4 is 0 Å². The van der Waals surface area contributed by atoms with Gasteiger partial charge in [-0.15, -0.1) is 0 Å². The van der Waals surface area contributed by atoms with Gasteiger partial charge in [-0.1, -0.05) is 0 Å². The molecule has 8 heteroatoms. The van der Waals surface area contributed by atoms with Crippen molar-refractivity contribution in [3.05, 3.63) is 12.3 Å². The summed E-state index contributed by atoms with van der Waals surface area (Å²) < 4.78 is 79.7. The highest BCUT2D eigenvalue weighted by atomic mass is 19.4. The van der Waals surface area contributed by atoms with E-state index in [1.807, 2.05) is 0 Å². The highest BCUT2D eigenvalue weighted by Crippen LogP contribution is 2.47. The first-order valence-electron chi connectivity index (χ1n) is 3.31. The van der Waals surface area contributed by atoms with E-state index in [0.29, 0.717) is 6.26 Å². The molecule has 0 saturated heterocycles. The second kappa shape index (κ2) is 3.04. The lowest BCUT2D eigenvalue weighted by Crippen LogP contribution is -2.60. The minimum Gasteiger partial charge on any atom is -0.455 e. The van der Waals surface area contributed by atoms with E-state index >= 15 is 0 Å². The van der Waals surface area contributed by atoms with Gasteiger partial charge in [0.25, 0.3) is 0 Å². The quantitative estimate of drug-likeness (QED) is 0.586. The molecule has 1 rings (SSSR count). The third-order valence-electron chi connectivity index (χ3n) is 1.46. The summed E-state index contributed by atoms with van der Waals surface area (Å²) in [6, 6.07) is 0. The zero-order chi connectivity index (χ0) is 11.0. The summed E-state index contributed by atoms with van der Waals surface area (Å²) in [5.74, 6) is -4.53. The van der Waals surface area contributed by atoms with Crippen LogP contribution in [0.4, 0.5) is 26.3 Å². The Balaban J connectivity index is 3.09. The van der Waals surface area contributed by atoms with Gasteiger partial charge in [-0.2, -0.15) is 26.3 Å². The van der Waals surface area contributed by atoms with Crippen LogP contribution in [0.2, 0.25) is 0 Å². The van der Waals surface area contributed by atoms with Gasteiger partial charge in [0.1, 0.15) is 0 Å². The lowest BCUT2D eigenvalue weighted by molar-refractivity contribution is -0.459. The lowest BCUT2D eigenvalue weighted by atomic mass is 10.2. The van der Waals surface area contributed by atoms with Crippen molar-refractivity contribution in [1.29, 1.82) is 0 Å². The van der Waals surface area contributed by atoms with E-state index in [2.05, 4.69) is 9.47 Å². The monoisotopic (exact) mass is 222 g/mol. The molecule has 0 N–H and O–H groups in total. The van der Waals surface area contributed by atoms with Crippen molar-refractivity contribution in [3.63, 3.8) is 0 Å². The first-order valence-corrected chi connectivity index (χ1v) is 3.31. The Morgan fingerprint density at radius 1 is 1.00 bits per heavy atom. The molecule has 0 aromatic rings. The first kappa shape index (κ1) is 11.2. The summed E-state index contributed by atoms with van der Waals surface area (Å²) in [7, 11) is 0. The molecular weight excluding hydrogens is 218 g/mol. The van der Waals surface area contributed by atoms with E-state index < -0.39 is 24.7 Å². The fourth-order valence-electron chi connectivity index (χ4n) is 0.841. The van der Waals surface area contributed by atoms with Crippen LogP contribution in [0.25, 0.3) is 0 Å². The van der Waals surface area contributed by atoms with E-state index in [4.69, 9.17) is 0 Å². The molecule has 0 bridgehead atoms. The van der Waals surface area contributed by atoms with E-state index in [1.54, 1.807) is 0 Å². The Kier molecular flexibility index (Phi) is 2.42. The second-order valence-electron chi connectivity index (χ2n) is 2.41. The Labute approximate surface area is 74.1 Å². The second-order valence-corrected chi connectivity index (χ2v) is 2.41. The Morgan fingerprint density at radius 3 is 1.71 bits per heavy atom. The van der Waals surface area contributed by atoms with Crippen LogP contribution in [0.5, 0.6) is 0 Å². The van der Waals surface area contributed by atoms with E-state index in [9.17, 15) is 26.3 Å².